The summed E-state index contributed by atoms with van der Waals surface area (Å²) in [6, 6.07) is 10.3. The monoisotopic (exact) mass is 214 g/mol. The molecule has 0 saturated carbocycles. The van der Waals surface area contributed by atoms with E-state index in [1.165, 1.54) is 11.1 Å². The molecule has 0 aromatic heterocycles. The third-order valence-electron chi connectivity index (χ3n) is 2.73. The van der Waals surface area contributed by atoms with Crippen molar-refractivity contribution in [2.45, 2.75) is 19.4 Å². The van der Waals surface area contributed by atoms with Crippen LogP contribution in [0.15, 0.2) is 54.1 Å². The van der Waals surface area contributed by atoms with Gasteiger partial charge in [0.25, 0.3) is 0 Å². The molecule has 1 aromatic carbocycles. The van der Waals surface area contributed by atoms with Crippen LogP contribution in [-0.2, 0) is 6.54 Å². The summed E-state index contributed by atoms with van der Waals surface area (Å²) in [6.45, 7) is 1.67. The van der Waals surface area contributed by atoms with E-state index in [1.54, 1.807) is 0 Å². The Kier molecular flexibility index (Phi) is 3.91. The summed E-state index contributed by atoms with van der Waals surface area (Å²) in [5.74, 6) is 6.00. The first-order chi connectivity index (χ1) is 7.84. The van der Waals surface area contributed by atoms with Crippen molar-refractivity contribution in [2.24, 2.45) is 5.84 Å². The SMILES string of the molecule is NN(CC1=CC=CCC1)Cc1ccccc1. The first-order valence-corrected chi connectivity index (χ1v) is 5.73. The van der Waals surface area contributed by atoms with Crippen molar-refractivity contribution in [1.29, 1.82) is 0 Å². The van der Waals surface area contributed by atoms with Crippen LogP contribution < -0.4 is 5.84 Å². The van der Waals surface area contributed by atoms with Crippen LogP contribution in [0.4, 0.5) is 0 Å². The fourth-order valence-electron chi connectivity index (χ4n) is 1.92. The number of rotatable bonds is 4. The van der Waals surface area contributed by atoms with E-state index in [4.69, 9.17) is 5.84 Å². The predicted molar refractivity (Wildman–Crippen MR) is 67.5 cm³/mol. The maximum atomic E-state index is 6.00. The lowest BCUT2D eigenvalue weighted by molar-refractivity contribution is 0.296. The normalized spacial score (nSPS) is 15.2. The Labute approximate surface area is 97.0 Å². The van der Waals surface area contributed by atoms with Gasteiger partial charge in [0.15, 0.2) is 0 Å². The minimum Gasteiger partial charge on any atom is -0.268 e. The molecule has 0 spiro atoms. The summed E-state index contributed by atoms with van der Waals surface area (Å²) in [5, 5.41) is 1.88. The maximum absolute atomic E-state index is 6.00. The molecule has 0 fully saturated rings. The van der Waals surface area contributed by atoms with E-state index in [1.807, 2.05) is 23.2 Å². The molecule has 0 bridgehead atoms. The molecule has 0 aliphatic heterocycles. The number of hydrogen-bond acceptors (Lipinski definition) is 2. The molecule has 0 radical (unpaired) electrons. The highest BCUT2D eigenvalue weighted by Gasteiger charge is 2.05. The van der Waals surface area contributed by atoms with Gasteiger partial charge in [0.1, 0.15) is 0 Å². The molecule has 0 saturated heterocycles. The Morgan fingerprint density at radius 3 is 2.62 bits per heavy atom. The molecule has 16 heavy (non-hydrogen) atoms. The van der Waals surface area contributed by atoms with E-state index < -0.39 is 0 Å². The molecular formula is C14H18N2. The van der Waals surface area contributed by atoms with Gasteiger partial charge in [-0.2, -0.15) is 0 Å². The van der Waals surface area contributed by atoms with Crippen LogP contribution in [0.3, 0.4) is 0 Å². The number of hydrazine groups is 1. The summed E-state index contributed by atoms with van der Waals surface area (Å²) in [6.07, 6.45) is 8.77. The van der Waals surface area contributed by atoms with Gasteiger partial charge in [-0.15, -0.1) is 0 Å². The van der Waals surface area contributed by atoms with Gasteiger partial charge in [-0.1, -0.05) is 54.1 Å². The second-order valence-corrected chi connectivity index (χ2v) is 4.18. The third-order valence-corrected chi connectivity index (χ3v) is 2.73. The molecule has 2 rings (SSSR count). The highest BCUT2D eigenvalue weighted by molar-refractivity contribution is 5.19. The zero-order valence-corrected chi connectivity index (χ0v) is 9.47. The molecule has 0 unspecified atom stereocenters. The van der Waals surface area contributed by atoms with Gasteiger partial charge < -0.3 is 0 Å². The largest absolute Gasteiger partial charge is 0.268 e. The molecule has 0 heterocycles. The standard InChI is InChI=1S/C14H18N2/c15-16(11-13-7-3-1-4-8-13)12-14-9-5-2-6-10-14/h1-5,7-9H,6,10-12,15H2. The fourth-order valence-corrected chi connectivity index (χ4v) is 1.92. The average molecular weight is 214 g/mol. The quantitative estimate of drug-likeness (QED) is 0.616. The first kappa shape index (κ1) is 11.1. The average Bonchev–Trinajstić information content (AvgIpc) is 2.31. The van der Waals surface area contributed by atoms with Gasteiger partial charge >= 0.3 is 0 Å². The summed E-state index contributed by atoms with van der Waals surface area (Å²) in [7, 11) is 0. The highest BCUT2D eigenvalue weighted by Crippen LogP contribution is 2.13. The van der Waals surface area contributed by atoms with Gasteiger partial charge in [0.05, 0.1) is 0 Å². The summed E-state index contributed by atoms with van der Waals surface area (Å²) >= 11 is 0. The minimum absolute atomic E-state index is 0.807. The molecule has 0 atom stereocenters. The number of nitrogens with two attached hydrogens (primary N) is 1. The maximum Gasteiger partial charge on any atom is 0.0383 e. The number of benzene rings is 1. The van der Waals surface area contributed by atoms with E-state index in [2.05, 4.69) is 30.4 Å². The Bertz CT molecular complexity index is 379. The molecule has 84 valence electrons. The molecule has 1 aromatic rings. The van der Waals surface area contributed by atoms with Crippen LogP contribution in [0.5, 0.6) is 0 Å². The Morgan fingerprint density at radius 2 is 1.94 bits per heavy atom. The molecular weight excluding hydrogens is 196 g/mol. The molecule has 2 heteroatoms. The summed E-state index contributed by atoms with van der Waals surface area (Å²) < 4.78 is 0. The van der Waals surface area contributed by atoms with Crippen molar-refractivity contribution in [3.8, 4) is 0 Å². The Morgan fingerprint density at radius 1 is 1.12 bits per heavy atom. The highest BCUT2D eigenvalue weighted by atomic mass is 15.4. The van der Waals surface area contributed by atoms with E-state index in [0.29, 0.717) is 0 Å². The number of allylic oxidation sites excluding steroid dienone is 3. The summed E-state index contributed by atoms with van der Waals surface area (Å²) in [5.41, 5.74) is 2.68. The van der Waals surface area contributed by atoms with Crippen LogP contribution in [0.25, 0.3) is 0 Å². The molecule has 0 amide bonds. The second-order valence-electron chi connectivity index (χ2n) is 4.18. The third kappa shape index (κ3) is 3.33. The van der Waals surface area contributed by atoms with E-state index in [9.17, 15) is 0 Å². The lowest BCUT2D eigenvalue weighted by atomic mass is 10.1. The molecule has 1 aliphatic rings. The minimum atomic E-state index is 0.807. The number of hydrogen-bond donors (Lipinski definition) is 1. The van der Waals surface area contributed by atoms with Gasteiger partial charge in [-0.05, 0) is 18.4 Å². The lowest BCUT2D eigenvalue weighted by Gasteiger charge is -2.19. The van der Waals surface area contributed by atoms with Crippen LogP contribution in [0, 0.1) is 0 Å². The van der Waals surface area contributed by atoms with Crippen molar-refractivity contribution in [3.63, 3.8) is 0 Å². The Hall–Kier alpha value is -1.38. The first-order valence-electron chi connectivity index (χ1n) is 5.73. The fraction of sp³-hybridized carbons (Fsp3) is 0.286. The second kappa shape index (κ2) is 5.64. The van der Waals surface area contributed by atoms with Crippen molar-refractivity contribution in [3.05, 3.63) is 59.7 Å². The van der Waals surface area contributed by atoms with E-state index in [-0.39, 0.29) is 0 Å². The topological polar surface area (TPSA) is 29.3 Å². The lowest BCUT2D eigenvalue weighted by Crippen LogP contribution is -2.32. The van der Waals surface area contributed by atoms with Gasteiger partial charge in [-0.3, -0.25) is 5.84 Å². The van der Waals surface area contributed by atoms with Crippen molar-refractivity contribution >= 4 is 0 Å². The van der Waals surface area contributed by atoms with E-state index in [0.717, 1.165) is 25.9 Å². The smallest absolute Gasteiger partial charge is 0.0383 e. The Balaban J connectivity index is 1.87. The van der Waals surface area contributed by atoms with Crippen LogP contribution >= 0.6 is 0 Å². The molecule has 1 aliphatic carbocycles. The zero-order chi connectivity index (χ0) is 11.2. The van der Waals surface area contributed by atoms with Gasteiger partial charge in [0.2, 0.25) is 0 Å². The zero-order valence-electron chi connectivity index (χ0n) is 9.47. The van der Waals surface area contributed by atoms with Crippen LogP contribution in [0.1, 0.15) is 18.4 Å². The van der Waals surface area contributed by atoms with Crippen LogP contribution in [0.2, 0.25) is 0 Å². The van der Waals surface area contributed by atoms with Gasteiger partial charge in [-0.25, -0.2) is 5.01 Å². The predicted octanol–water partition coefficient (Wildman–Crippen LogP) is 2.64. The van der Waals surface area contributed by atoms with Crippen molar-refractivity contribution in [2.75, 3.05) is 6.54 Å². The van der Waals surface area contributed by atoms with Crippen molar-refractivity contribution < 1.29 is 0 Å². The van der Waals surface area contributed by atoms with E-state index >= 15 is 0 Å². The summed E-state index contributed by atoms with van der Waals surface area (Å²) in [4.78, 5) is 0. The molecule has 2 nitrogen and oxygen atoms in total. The molecule has 2 N–H and O–H groups in total. The van der Waals surface area contributed by atoms with Crippen LogP contribution in [-0.4, -0.2) is 11.6 Å². The number of nitrogens with zero attached hydrogens (tertiary/aromatic N) is 1. The van der Waals surface area contributed by atoms with Gasteiger partial charge in [0, 0.05) is 13.1 Å². The van der Waals surface area contributed by atoms with Crippen molar-refractivity contribution in [1.82, 2.24) is 5.01 Å².